The van der Waals surface area contributed by atoms with E-state index in [1.54, 1.807) is 0 Å². The molecule has 1 heteroatoms. The molecule has 0 aromatic rings. The number of hydrogen-bond donors (Lipinski definition) is 1. The first-order valence-electron chi connectivity index (χ1n) is 3.52. The fourth-order valence-electron chi connectivity index (χ4n) is 1.03. The molecule has 1 saturated heterocycles. The average Bonchev–Trinajstić information content (AvgIpc) is 1.78. The molecule has 9 heavy (non-hydrogen) atoms. The molecule has 0 unspecified atom stereocenters. The third kappa shape index (κ3) is 1.74. The molecule has 52 valence electrons. The van der Waals surface area contributed by atoms with E-state index in [0.717, 1.165) is 13.0 Å². The standard InChI is InChI=1S/C8H15N/c1-7-4-5-8(2,3)6-9-7/h9H,1,4-6H2,2-3H3. The normalized spacial score (nSPS) is 25.3. The number of hydrogen-bond acceptors (Lipinski definition) is 1. The molecule has 1 rings (SSSR count). The third-order valence-electron chi connectivity index (χ3n) is 1.92. The fraction of sp³-hybridized carbons (Fsp3) is 0.750. The van der Waals surface area contributed by atoms with Gasteiger partial charge in [0, 0.05) is 12.2 Å². The van der Waals surface area contributed by atoms with Crippen LogP contribution in [0.4, 0.5) is 0 Å². The molecular weight excluding hydrogens is 110 g/mol. The molecule has 0 spiro atoms. The third-order valence-corrected chi connectivity index (χ3v) is 1.92. The lowest BCUT2D eigenvalue weighted by Gasteiger charge is -2.31. The first kappa shape index (κ1) is 6.66. The zero-order valence-electron chi connectivity index (χ0n) is 6.33. The summed E-state index contributed by atoms with van der Waals surface area (Å²) >= 11 is 0. The van der Waals surface area contributed by atoms with Gasteiger partial charge in [0.2, 0.25) is 0 Å². The maximum absolute atomic E-state index is 3.87. The molecule has 1 heterocycles. The lowest BCUT2D eigenvalue weighted by atomic mass is 9.84. The van der Waals surface area contributed by atoms with E-state index in [-0.39, 0.29) is 0 Å². The van der Waals surface area contributed by atoms with Crippen LogP contribution in [0.2, 0.25) is 0 Å². The van der Waals surface area contributed by atoms with E-state index in [2.05, 4.69) is 25.7 Å². The van der Waals surface area contributed by atoms with Gasteiger partial charge in [0.1, 0.15) is 0 Å². The van der Waals surface area contributed by atoms with Gasteiger partial charge in [-0.15, -0.1) is 0 Å². The van der Waals surface area contributed by atoms with Crippen molar-refractivity contribution in [3.63, 3.8) is 0 Å². The fourth-order valence-corrected chi connectivity index (χ4v) is 1.03. The van der Waals surface area contributed by atoms with Gasteiger partial charge < -0.3 is 5.32 Å². The molecule has 1 aliphatic rings. The van der Waals surface area contributed by atoms with Crippen molar-refractivity contribution in [2.45, 2.75) is 26.7 Å². The highest BCUT2D eigenvalue weighted by atomic mass is 14.9. The van der Waals surface area contributed by atoms with Crippen LogP contribution in [0.5, 0.6) is 0 Å². The predicted molar refractivity (Wildman–Crippen MR) is 40.2 cm³/mol. The van der Waals surface area contributed by atoms with Crippen LogP contribution in [0.3, 0.4) is 0 Å². The van der Waals surface area contributed by atoms with Gasteiger partial charge >= 0.3 is 0 Å². The van der Waals surface area contributed by atoms with Gasteiger partial charge in [-0.2, -0.15) is 0 Å². The van der Waals surface area contributed by atoms with Crippen molar-refractivity contribution in [1.82, 2.24) is 5.32 Å². The van der Waals surface area contributed by atoms with Gasteiger partial charge in [-0.1, -0.05) is 20.4 Å². The molecule has 0 atom stereocenters. The van der Waals surface area contributed by atoms with Gasteiger partial charge in [-0.25, -0.2) is 0 Å². The lowest BCUT2D eigenvalue weighted by Crippen LogP contribution is -2.33. The molecular formula is C8H15N. The molecule has 0 aromatic heterocycles. The summed E-state index contributed by atoms with van der Waals surface area (Å²) in [5.74, 6) is 0. The molecule has 0 amide bonds. The minimum atomic E-state index is 0.487. The zero-order valence-corrected chi connectivity index (χ0v) is 6.33. The van der Waals surface area contributed by atoms with Crippen LogP contribution < -0.4 is 5.32 Å². The maximum Gasteiger partial charge on any atom is 0.0195 e. The second-order valence-electron chi connectivity index (χ2n) is 3.62. The second-order valence-corrected chi connectivity index (χ2v) is 3.62. The van der Waals surface area contributed by atoms with Crippen LogP contribution in [-0.4, -0.2) is 6.54 Å². The topological polar surface area (TPSA) is 12.0 Å². The monoisotopic (exact) mass is 125 g/mol. The Balaban J connectivity index is 2.44. The lowest BCUT2D eigenvalue weighted by molar-refractivity contribution is 0.291. The minimum Gasteiger partial charge on any atom is -0.388 e. The van der Waals surface area contributed by atoms with Crippen LogP contribution in [0.15, 0.2) is 12.3 Å². The Bertz CT molecular complexity index is 113. The minimum absolute atomic E-state index is 0.487. The van der Waals surface area contributed by atoms with Crippen molar-refractivity contribution in [2.75, 3.05) is 6.54 Å². The van der Waals surface area contributed by atoms with E-state index in [4.69, 9.17) is 0 Å². The molecule has 1 N–H and O–H groups in total. The largest absolute Gasteiger partial charge is 0.388 e. The Labute approximate surface area is 57.1 Å². The van der Waals surface area contributed by atoms with Crippen molar-refractivity contribution in [2.24, 2.45) is 5.41 Å². The Kier molecular flexibility index (Phi) is 1.52. The van der Waals surface area contributed by atoms with E-state index in [0.29, 0.717) is 5.41 Å². The first-order chi connectivity index (χ1) is 4.10. The Morgan fingerprint density at radius 1 is 1.56 bits per heavy atom. The summed E-state index contributed by atoms with van der Waals surface area (Å²) in [4.78, 5) is 0. The SMILES string of the molecule is C=C1CCC(C)(C)CN1. The smallest absolute Gasteiger partial charge is 0.0195 e. The van der Waals surface area contributed by atoms with Gasteiger partial charge in [0.25, 0.3) is 0 Å². The summed E-state index contributed by atoms with van der Waals surface area (Å²) in [5.41, 5.74) is 1.69. The van der Waals surface area contributed by atoms with Crippen LogP contribution in [-0.2, 0) is 0 Å². The van der Waals surface area contributed by atoms with Crippen LogP contribution >= 0.6 is 0 Å². The van der Waals surface area contributed by atoms with Gasteiger partial charge in [-0.05, 0) is 18.3 Å². The summed E-state index contributed by atoms with van der Waals surface area (Å²) < 4.78 is 0. The first-order valence-corrected chi connectivity index (χ1v) is 3.52. The summed E-state index contributed by atoms with van der Waals surface area (Å²) in [6.45, 7) is 9.53. The van der Waals surface area contributed by atoms with Gasteiger partial charge in [0.05, 0.1) is 0 Å². The second kappa shape index (κ2) is 2.05. The number of piperidine rings is 1. The maximum atomic E-state index is 3.87. The Morgan fingerprint density at radius 2 is 2.22 bits per heavy atom. The molecule has 1 aliphatic heterocycles. The molecule has 1 fully saturated rings. The zero-order chi connectivity index (χ0) is 6.91. The highest BCUT2D eigenvalue weighted by Crippen LogP contribution is 2.26. The quantitative estimate of drug-likeness (QED) is 0.521. The van der Waals surface area contributed by atoms with Gasteiger partial charge in [0.15, 0.2) is 0 Å². The van der Waals surface area contributed by atoms with E-state index in [9.17, 15) is 0 Å². The van der Waals surface area contributed by atoms with E-state index >= 15 is 0 Å². The molecule has 0 radical (unpaired) electrons. The van der Waals surface area contributed by atoms with Gasteiger partial charge in [-0.3, -0.25) is 0 Å². The van der Waals surface area contributed by atoms with Crippen LogP contribution in [0, 0.1) is 5.41 Å². The van der Waals surface area contributed by atoms with E-state index in [1.807, 2.05) is 0 Å². The molecule has 1 nitrogen and oxygen atoms in total. The molecule has 0 aliphatic carbocycles. The highest BCUT2D eigenvalue weighted by Gasteiger charge is 2.21. The molecule has 0 aromatic carbocycles. The Morgan fingerprint density at radius 3 is 2.56 bits per heavy atom. The molecule has 0 bridgehead atoms. The van der Waals surface area contributed by atoms with Crippen molar-refractivity contribution in [3.8, 4) is 0 Å². The van der Waals surface area contributed by atoms with Crippen LogP contribution in [0.25, 0.3) is 0 Å². The number of rotatable bonds is 0. The summed E-state index contributed by atoms with van der Waals surface area (Å²) in [7, 11) is 0. The number of nitrogens with one attached hydrogen (secondary N) is 1. The van der Waals surface area contributed by atoms with Crippen molar-refractivity contribution in [1.29, 1.82) is 0 Å². The number of allylic oxidation sites excluding steroid dienone is 1. The van der Waals surface area contributed by atoms with Crippen molar-refractivity contribution in [3.05, 3.63) is 12.3 Å². The average molecular weight is 125 g/mol. The summed E-state index contributed by atoms with van der Waals surface area (Å²) in [6.07, 6.45) is 2.42. The van der Waals surface area contributed by atoms with Crippen molar-refractivity contribution >= 4 is 0 Å². The van der Waals surface area contributed by atoms with E-state index < -0.39 is 0 Å². The highest BCUT2D eigenvalue weighted by molar-refractivity contribution is 4.98. The summed E-state index contributed by atoms with van der Waals surface area (Å²) in [6, 6.07) is 0. The van der Waals surface area contributed by atoms with Crippen molar-refractivity contribution < 1.29 is 0 Å². The Hall–Kier alpha value is -0.460. The van der Waals surface area contributed by atoms with Crippen LogP contribution in [0.1, 0.15) is 26.7 Å². The molecule has 0 saturated carbocycles. The van der Waals surface area contributed by atoms with E-state index in [1.165, 1.54) is 12.1 Å². The summed E-state index contributed by atoms with van der Waals surface area (Å²) in [5, 5.41) is 3.28. The predicted octanol–water partition coefficient (Wildman–Crippen LogP) is 1.91.